The second kappa shape index (κ2) is 9.09. The van der Waals surface area contributed by atoms with Gasteiger partial charge in [0.1, 0.15) is 17.3 Å². The molecule has 4 aliphatic rings. The van der Waals surface area contributed by atoms with Crippen molar-refractivity contribution in [1.82, 2.24) is 5.16 Å². The van der Waals surface area contributed by atoms with Gasteiger partial charge in [-0.25, -0.2) is 4.79 Å². The Morgan fingerprint density at radius 2 is 1.90 bits per heavy atom. The van der Waals surface area contributed by atoms with Crippen molar-refractivity contribution < 1.29 is 43.7 Å². The summed E-state index contributed by atoms with van der Waals surface area (Å²) < 4.78 is 17.3. The number of aryl methyl sites for hydroxylation is 2. The highest BCUT2D eigenvalue weighted by atomic mass is 16.6. The number of ketones is 1. The predicted molar refractivity (Wildman–Crippen MR) is 141 cm³/mol. The smallest absolute Gasteiger partial charge is 0.344 e. The van der Waals surface area contributed by atoms with E-state index in [9.17, 15) is 29.7 Å². The second-order valence-corrected chi connectivity index (χ2v) is 12.5. The van der Waals surface area contributed by atoms with Crippen LogP contribution in [0.4, 0.5) is 0 Å². The molecule has 0 aromatic carbocycles. The van der Waals surface area contributed by atoms with Gasteiger partial charge in [-0.2, -0.15) is 0 Å². The number of allylic oxidation sites excluding steroid dienone is 1. The number of aliphatic hydroxyl groups excluding tert-OH is 2. The van der Waals surface area contributed by atoms with E-state index in [0.717, 1.165) is 0 Å². The van der Waals surface area contributed by atoms with Crippen molar-refractivity contribution in [2.75, 3.05) is 6.61 Å². The third-order valence-electron chi connectivity index (χ3n) is 10.3. The summed E-state index contributed by atoms with van der Waals surface area (Å²) in [5.74, 6) is -3.20. The maximum absolute atomic E-state index is 14.7. The summed E-state index contributed by atoms with van der Waals surface area (Å²) in [5.41, 5.74) is -4.54. The second-order valence-electron chi connectivity index (χ2n) is 12.5. The highest BCUT2D eigenvalue weighted by Gasteiger charge is 2.83. The molecule has 1 heterocycles. The Hall–Kier alpha value is -2.82. The van der Waals surface area contributed by atoms with Crippen molar-refractivity contribution in [3.05, 3.63) is 40.3 Å². The minimum absolute atomic E-state index is 0.0499. The van der Waals surface area contributed by atoms with E-state index < -0.39 is 70.5 Å². The zero-order valence-corrected chi connectivity index (χ0v) is 24.1. The van der Waals surface area contributed by atoms with Crippen molar-refractivity contribution in [1.29, 1.82) is 0 Å². The molecule has 1 spiro atoms. The maximum Gasteiger partial charge on any atom is 0.344 e. The minimum atomic E-state index is -2.33. The zero-order chi connectivity index (χ0) is 29.6. The van der Waals surface area contributed by atoms with Crippen molar-refractivity contribution in [3.63, 3.8) is 0 Å². The number of esters is 2. The van der Waals surface area contributed by atoms with E-state index in [-0.39, 0.29) is 23.3 Å². The first-order chi connectivity index (χ1) is 18.7. The van der Waals surface area contributed by atoms with E-state index in [2.05, 4.69) is 5.16 Å². The monoisotopic (exact) mass is 557 g/mol. The molecular formula is C30H39NO9. The standard InChI is InChI=1S/C30H39NO9/c1-8-19-21(20(9-2)40-31-19)26(36)38-25-14(3)11-28-15(4)12-29(39-16(5)33)22(27(29,6)7)18(24(28)35)10-17(13-32)23(34)30(25,28)37/h10-11,15,18,22-23,25,32,34,37H,8-9,12-13H2,1-7H3/t15?,18?,22-,23?,25?,28?,29+,30?/m1/s1. The van der Waals surface area contributed by atoms with Crippen LogP contribution in [0.25, 0.3) is 0 Å². The maximum atomic E-state index is 14.7. The first-order valence-electron chi connectivity index (χ1n) is 14.0. The third kappa shape index (κ3) is 3.32. The Kier molecular flexibility index (Phi) is 6.52. The lowest BCUT2D eigenvalue weighted by Gasteiger charge is -2.49. The molecule has 0 aliphatic heterocycles. The number of fused-ring (bicyclic) bond motifs is 3. The SMILES string of the molecule is CCc1noc(CC)c1C(=O)OC1C(C)=CC23C(=O)C(C=C(CO)C(O)C12O)[C@@H]1C(C)(C)[C@]1(OC(C)=O)CC3C. The molecule has 10 heteroatoms. The fourth-order valence-corrected chi connectivity index (χ4v) is 8.39. The Balaban J connectivity index is 1.67. The van der Waals surface area contributed by atoms with Crippen LogP contribution in [0.15, 0.2) is 27.8 Å². The average Bonchev–Trinajstić information content (AvgIpc) is 3.15. The van der Waals surface area contributed by atoms with Gasteiger partial charge in [0.05, 0.1) is 17.7 Å². The number of hydrogen-bond acceptors (Lipinski definition) is 10. The van der Waals surface area contributed by atoms with Crippen LogP contribution in [-0.2, 0) is 31.9 Å². The molecule has 1 aromatic heterocycles. The largest absolute Gasteiger partial charge is 0.458 e. The van der Waals surface area contributed by atoms with Crippen molar-refractivity contribution >= 4 is 17.7 Å². The van der Waals surface area contributed by atoms with Crippen molar-refractivity contribution in [2.45, 2.75) is 91.1 Å². The van der Waals surface area contributed by atoms with E-state index in [1.807, 2.05) is 27.7 Å². The number of ether oxygens (including phenoxy) is 2. The number of aliphatic hydroxyl groups is 3. The molecular weight excluding hydrogens is 518 g/mol. The molecule has 2 fully saturated rings. The molecule has 1 aromatic rings. The van der Waals surface area contributed by atoms with Crippen LogP contribution >= 0.6 is 0 Å². The Bertz CT molecular complexity index is 1320. The van der Waals surface area contributed by atoms with Gasteiger partial charge < -0.3 is 29.3 Å². The van der Waals surface area contributed by atoms with Gasteiger partial charge in [0.15, 0.2) is 23.2 Å². The first kappa shape index (κ1) is 28.7. The minimum Gasteiger partial charge on any atom is -0.458 e. The Labute approximate surface area is 233 Å². The van der Waals surface area contributed by atoms with Crippen molar-refractivity contribution in [2.24, 2.45) is 28.6 Å². The van der Waals surface area contributed by atoms with Crippen LogP contribution in [0.3, 0.4) is 0 Å². The summed E-state index contributed by atoms with van der Waals surface area (Å²) in [6.07, 6.45) is 1.06. The van der Waals surface area contributed by atoms with Crippen LogP contribution in [-0.4, -0.2) is 68.2 Å². The normalized spacial score (nSPS) is 39.2. The van der Waals surface area contributed by atoms with Gasteiger partial charge in [-0.05, 0) is 36.8 Å². The summed E-state index contributed by atoms with van der Waals surface area (Å²) in [7, 11) is 0. The summed E-state index contributed by atoms with van der Waals surface area (Å²) in [6, 6.07) is 0. The van der Waals surface area contributed by atoms with E-state index in [4.69, 9.17) is 14.0 Å². The number of Topliss-reactive ketones (excluding diaryl/α,β-unsaturated/α-hetero) is 1. The molecule has 6 unspecified atom stereocenters. The number of nitrogens with zero attached hydrogens (tertiary/aromatic N) is 1. The summed E-state index contributed by atoms with van der Waals surface area (Å²) in [5, 5.41) is 38.7. The highest BCUT2D eigenvalue weighted by molar-refractivity contribution is 5.96. The van der Waals surface area contributed by atoms with Crippen LogP contribution in [0, 0.1) is 28.6 Å². The Morgan fingerprint density at radius 1 is 1.23 bits per heavy atom. The summed E-state index contributed by atoms with van der Waals surface area (Å²) >= 11 is 0. The molecule has 3 N–H and O–H groups in total. The average molecular weight is 558 g/mol. The molecule has 4 aliphatic carbocycles. The zero-order valence-electron chi connectivity index (χ0n) is 24.1. The number of carbonyl (C=O) groups is 3. The Morgan fingerprint density at radius 3 is 2.48 bits per heavy atom. The van der Waals surface area contributed by atoms with Gasteiger partial charge in [0.2, 0.25) is 0 Å². The third-order valence-corrected chi connectivity index (χ3v) is 10.3. The topological polar surface area (TPSA) is 156 Å². The molecule has 40 heavy (non-hydrogen) atoms. The lowest BCUT2D eigenvalue weighted by molar-refractivity contribution is -0.192. The van der Waals surface area contributed by atoms with Gasteiger partial charge in [0.25, 0.3) is 0 Å². The van der Waals surface area contributed by atoms with Crippen LogP contribution in [0.5, 0.6) is 0 Å². The van der Waals surface area contributed by atoms with Crippen LogP contribution in [0.1, 0.15) is 76.7 Å². The van der Waals surface area contributed by atoms with E-state index >= 15 is 0 Å². The quantitative estimate of drug-likeness (QED) is 0.351. The molecule has 0 radical (unpaired) electrons. The first-order valence-corrected chi connectivity index (χ1v) is 14.0. The van der Waals surface area contributed by atoms with E-state index in [1.54, 1.807) is 19.9 Å². The molecule has 218 valence electrons. The number of rotatable bonds is 6. The van der Waals surface area contributed by atoms with Crippen LogP contribution < -0.4 is 0 Å². The number of aromatic nitrogens is 1. The highest BCUT2D eigenvalue weighted by Crippen LogP contribution is 2.75. The lowest BCUT2D eigenvalue weighted by Crippen LogP contribution is -2.66. The van der Waals surface area contributed by atoms with Gasteiger partial charge >= 0.3 is 11.9 Å². The van der Waals surface area contributed by atoms with E-state index in [0.29, 0.717) is 29.9 Å². The number of hydrogen-bond donors (Lipinski definition) is 3. The van der Waals surface area contributed by atoms with Crippen LogP contribution in [0.2, 0.25) is 0 Å². The number of carbonyl (C=O) groups excluding carboxylic acids is 3. The molecule has 5 rings (SSSR count). The summed E-state index contributed by atoms with van der Waals surface area (Å²) in [6.45, 7) is 11.7. The molecule has 0 amide bonds. The van der Waals surface area contributed by atoms with Gasteiger partial charge in [0, 0.05) is 30.6 Å². The molecule has 10 nitrogen and oxygen atoms in total. The molecule has 2 bridgehead atoms. The predicted octanol–water partition coefficient (Wildman–Crippen LogP) is 2.48. The lowest BCUT2D eigenvalue weighted by atomic mass is 9.59. The fourth-order valence-electron chi connectivity index (χ4n) is 8.39. The molecule has 0 saturated heterocycles. The van der Waals surface area contributed by atoms with Crippen molar-refractivity contribution in [3.8, 4) is 0 Å². The molecule has 8 atom stereocenters. The van der Waals surface area contributed by atoms with Gasteiger partial charge in [-0.15, -0.1) is 0 Å². The van der Waals surface area contributed by atoms with Gasteiger partial charge in [-0.3, -0.25) is 9.59 Å². The van der Waals surface area contributed by atoms with Gasteiger partial charge in [-0.1, -0.05) is 51.9 Å². The fraction of sp³-hybridized carbons (Fsp3) is 0.667. The summed E-state index contributed by atoms with van der Waals surface area (Å²) in [4.78, 5) is 40.5. The molecule has 2 saturated carbocycles. The van der Waals surface area contributed by atoms with E-state index in [1.165, 1.54) is 13.0 Å².